The van der Waals surface area contributed by atoms with Crippen molar-refractivity contribution in [3.8, 4) is 0 Å². The van der Waals surface area contributed by atoms with Gasteiger partial charge in [0.2, 0.25) is 0 Å². The predicted octanol–water partition coefficient (Wildman–Crippen LogP) is 6.72. The van der Waals surface area contributed by atoms with Gasteiger partial charge in [0.1, 0.15) is 0 Å². The lowest BCUT2D eigenvalue weighted by atomic mass is 9.84. The zero-order valence-electron chi connectivity index (χ0n) is 21.7. The van der Waals surface area contributed by atoms with Crippen LogP contribution < -0.4 is 15.5 Å². The Morgan fingerprint density at radius 2 is 1.62 bits per heavy atom. The molecule has 1 aliphatic rings. The minimum atomic E-state index is -0.359. The number of urea groups is 1. The van der Waals surface area contributed by atoms with Crippen LogP contribution in [0.2, 0.25) is 10.0 Å². The molecule has 3 amide bonds. The summed E-state index contributed by atoms with van der Waals surface area (Å²) in [4.78, 5) is 27.7. The number of nitrogens with one attached hydrogen (secondary N) is 3. The molecule has 1 heterocycles. The molecular weight excluding hydrogens is 549 g/mol. The van der Waals surface area contributed by atoms with E-state index in [-0.39, 0.29) is 17.9 Å². The first-order valence-electron chi connectivity index (χ1n) is 13.2. The Hall–Kier alpha value is -3.95. The first-order chi connectivity index (χ1) is 19.5. The molecule has 0 aliphatic heterocycles. The van der Waals surface area contributed by atoms with E-state index in [2.05, 4.69) is 43.4 Å². The smallest absolute Gasteiger partial charge is 0.322 e. The van der Waals surface area contributed by atoms with Crippen molar-refractivity contribution in [2.24, 2.45) is 0 Å². The number of tetrazole rings is 1. The maximum absolute atomic E-state index is 13.5. The van der Waals surface area contributed by atoms with Crippen LogP contribution in [-0.4, -0.2) is 32.6 Å². The van der Waals surface area contributed by atoms with Gasteiger partial charge in [-0.3, -0.25) is 15.0 Å². The fraction of sp³-hybridized carbons (Fsp3) is 0.276. The monoisotopic (exact) mass is 577 g/mol. The van der Waals surface area contributed by atoms with E-state index in [0.717, 1.165) is 16.8 Å². The second-order valence-electron chi connectivity index (χ2n) is 9.81. The fourth-order valence-electron chi connectivity index (χ4n) is 4.90. The van der Waals surface area contributed by atoms with Gasteiger partial charge in [0.15, 0.2) is 0 Å². The van der Waals surface area contributed by atoms with E-state index in [0.29, 0.717) is 34.6 Å². The van der Waals surface area contributed by atoms with Crippen LogP contribution in [0.25, 0.3) is 0 Å². The van der Waals surface area contributed by atoms with Crippen molar-refractivity contribution in [3.05, 3.63) is 99.0 Å². The largest absolute Gasteiger partial charge is 0.334 e. The highest BCUT2D eigenvalue weighted by Gasteiger charge is 2.19. The van der Waals surface area contributed by atoms with Crippen LogP contribution in [0.15, 0.2) is 66.7 Å². The molecule has 40 heavy (non-hydrogen) atoms. The van der Waals surface area contributed by atoms with Gasteiger partial charge in [-0.25, -0.2) is 4.79 Å². The van der Waals surface area contributed by atoms with Gasteiger partial charge in [-0.15, -0.1) is 5.10 Å². The molecule has 0 bridgehead atoms. The highest BCUT2D eigenvalue weighted by Crippen LogP contribution is 2.33. The topological polar surface area (TPSA) is 116 Å². The molecule has 1 aromatic heterocycles. The highest BCUT2D eigenvalue weighted by atomic mass is 35.5. The highest BCUT2D eigenvalue weighted by molar-refractivity contribution is 6.42. The average molecular weight is 579 g/mol. The van der Waals surface area contributed by atoms with Crippen LogP contribution in [0.3, 0.4) is 0 Å². The minimum absolute atomic E-state index is 0.0931. The molecule has 11 heteroatoms. The number of H-pyrrole nitrogens is 1. The van der Waals surface area contributed by atoms with Crippen molar-refractivity contribution in [2.45, 2.75) is 51.1 Å². The van der Waals surface area contributed by atoms with E-state index >= 15 is 0 Å². The van der Waals surface area contributed by atoms with E-state index < -0.39 is 0 Å². The Bertz CT molecular complexity index is 1440. The minimum Gasteiger partial charge on any atom is -0.334 e. The van der Waals surface area contributed by atoms with E-state index in [1.165, 1.54) is 37.7 Å². The molecule has 3 aromatic carbocycles. The van der Waals surface area contributed by atoms with Crippen LogP contribution in [0.4, 0.5) is 16.4 Å². The van der Waals surface area contributed by atoms with Gasteiger partial charge in [0.25, 0.3) is 11.9 Å². The van der Waals surface area contributed by atoms with Gasteiger partial charge in [-0.05, 0) is 77.1 Å². The zero-order chi connectivity index (χ0) is 27.9. The lowest BCUT2D eigenvalue weighted by molar-refractivity contribution is 0.102. The normalized spacial score (nSPS) is 13.6. The molecule has 9 nitrogen and oxygen atoms in total. The number of amides is 3. The van der Waals surface area contributed by atoms with Crippen molar-refractivity contribution < 1.29 is 9.59 Å². The molecule has 1 saturated carbocycles. The summed E-state index contributed by atoms with van der Waals surface area (Å²) in [6.07, 6.45) is 6.25. The summed E-state index contributed by atoms with van der Waals surface area (Å²) in [6, 6.07) is 20.4. The Balaban J connectivity index is 1.32. The number of hydrogen-bond donors (Lipinski definition) is 3. The van der Waals surface area contributed by atoms with Crippen LogP contribution in [-0.2, 0) is 13.1 Å². The van der Waals surface area contributed by atoms with E-state index in [4.69, 9.17) is 23.2 Å². The van der Waals surface area contributed by atoms with Crippen molar-refractivity contribution in [3.63, 3.8) is 0 Å². The average Bonchev–Trinajstić information content (AvgIpc) is 3.50. The van der Waals surface area contributed by atoms with Crippen molar-refractivity contribution in [1.29, 1.82) is 0 Å². The molecule has 0 atom stereocenters. The number of aromatic amines is 1. The number of nitrogens with zero attached hydrogens (tertiary/aromatic N) is 4. The van der Waals surface area contributed by atoms with Crippen molar-refractivity contribution >= 4 is 46.8 Å². The standard InChI is InChI=1S/C29H29Cl2N7O2/c30-25-15-8-20(16-26(25)31)17-32-29(40)38(24-13-11-22(12-14-24)21-4-2-1-3-5-21)18-19-6-9-23(10-7-19)27(39)33-28-34-36-37-35-28/h6-16,21H,1-5,17-18H2,(H,32,40)(H2,33,34,35,36,37,39). The van der Waals surface area contributed by atoms with Crippen LogP contribution >= 0.6 is 23.2 Å². The Kier molecular flexibility index (Phi) is 8.93. The number of halogens is 2. The third kappa shape index (κ3) is 6.97. The molecule has 0 spiro atoms. The molecule has 4 aromatic rings. The Labute approximate surface area is 242 Å². The molecule has 0 radical (unpaired) electrons. The van der Waals surface area contributed by atoms with Gasteiger partial charge >= 0.3 is 6.03 Å². The Morgan fingerprint density at radius 1 is 0.900 bits per heavy atom. The second-order valence-corrected chi connectivity index (χ2v) is 10.6. The number of anilines is 2. The van der Waals surface area contributed by atoms with Gasteiger partial charge in [-0.2, -0.15) is 5.21 Å². The van der Waals surface area contributed by atoms with Crippen molar-refractivity contribution in [2.75, 3.05) is 10.2 Å². The quantitative estimate of drug-likeness (QED) is 0.215. The number of hydrogen-bond acceptors (Lipinski definition) is 5. The molecule has 0 unspecified atom stereocenters. The third-order valence-corrected chi connectivity index (χ3v) is 7.82. The molecule has 5 rings (SSSR count). The van der Waals surface area contributed by atoms with Gasteiger partial charge in [0.05, 0.1) is 16.6 Å². The lowest BCUT2D eigenvalue weighted by Crippen LogP contribution is -2.39. The maximum atomic E-state index is 13.5. The number of benzene rings is 3. The van der Waals surface area contributed by atoms with Crippen molar-refractivity contribution in [1.82, 2.24) is 25.9 Å². The molecule has 3 N–H and O–H groups in total. The summed E-state index contributed by atoms with van der Waals surface area (Å²) in [6.45, 7) is 0.601. The first kappa shape index (κ1) is 27.6. The number of carbonyl (C=O) groups is 2. The summed E-state index contributed by atoms with van der Waals surface area (Å²) in [5.41, 5.74) is 4.23. The molecular formula is C29H29Cl2N7O2. The Morgan fingerprint density at radius 3 is 2.30 bits per heavy atom. The number of rotatable bonds is 8. The van der Waals surface area contributed by atoms with Crippen LogP contribution in [0.1, 0.15) is 65.1 Å². The molecule has 0 saturated heterocycles. The van der Waals surface area contributed by atoms with E-state index in [1.807, 2.05) is 30.3 Å². The molecule has 1 aliphatic carbocycles. The third-order valence-electron chi connectivity index (χ3n) is 7.08. The second kappa shape index (κ2) is 12.9. The van der Waals surface area contributed by atoms with Crippen LogP contribution in [0, 0.1) is 0 Å². The van der Waals surface area contributed by atoms with Gasteiger partial charge < -0.3 is 5.32 Å². The summed E-state index contributed by atoms with van der Waals surface area (Å²) >= 11 is 12.2. The fourth-order valence-corrected chi connectivity index (χ4v) is 5.22. The number of aromatic nitrogens is 4. The number of carbonyl (C=O) groups excluding carboxylic acids is 2. The van der Waals surface area contributed by atoms with E-state index in [1.54, 1.807) is 29.2 Å². The van der Waals surface area contributed by atoms with Gasteiger partial charge in [0, 0.05) is 17.8 Å². The molecule has 1 fully saturated rings. The predicted molar refractivity (Wildman–Crippen MR) is 156 cm³/mol. The SMILES string of the molecule is O=C(Nc1nn[nH]n1)c1ccc(CN(C(=O)NCc2ccc(Cl)c(Cl)c2)c2ccc(C3CCCCC3)cc2)cc1. The molecule has 206 valence electrons. The summed E-state index contributed by atoms with van der Waals surface area (Å²) in [7, 11) is 0. The zero-order valence-corrected chi connectivity index (χ0v) is 23.3. The lowest BCUT2D eigenvalue weighted by Gasteiger charge is -2.26. The van der Waals surface area contributed by atoms with Crippen LogP contribution in [0.5, 0.6) is 0 Å². The summed E-state index contributed by atoms with van der Waals surface area (Å²) in [5.74, 6) is 0.309. The summed E-state index contributed by atoms with van der Waals surface area (Å²) < 4.78 is 0. The van der Waals surface area contributed by atoms with E-state index in [9.17, 15) is 9.59 Å². The van der Waals surface area contributed by atoms with Gasteiger partial charge in [-0.1, -0.05) is 77.9 Å². The maximum Gasteiger partial charge on any atom is 0.322 e. The summed E-state index contributed by atoms with van der Waals surface area (Å²) in [5, 5.41) is 19.6. The first-order valence-corrected chi connectivity index (χ1v) is 13.9.